The van der Waals surface area contributed by atoms with Crippen LogP contribution in [0.4, 0.5) is 5.69 Å². The van der Waals surface area contributed by atoms with Crippen LogP contribution in [0.2, 0.25) is 5.02 Å². The van der Waals surface area contributed by atoms with Crippen LogP contribution < -0.4 is 5.73 Å². The van der Waals surface area contributed by atoms with Crippen molar-refractivity contribution in [3.63, 3.8) is 0 Å². The lowest BCUT2D eigenvalue weighted by Gasteiger charge is -2.02. The highest BCUT2D eigenvalue weighted by atomic mass is 79.9. The van der Waals surface area contributed by atoms with Crippen LogP contribution in [-0.4, -0.2) is 0 Å². The number of nitrogens with two attached hydrogens (primary N) is 1. The summed E-state index contributed by atoms with van der Waals surface area (Å²) in [7, 11) is 0. The average Bonchev–Trinajstić information content (AvgIpc) is 1.93. The fraction of sp³-hybridized carbons (Fsp3) is 0.143. The van der Waals surface area contributed by atoms with Gasteiger partial charge in [0.2, 0.25) is 0 Å². The zero-order chi connectivity index (χ0) is 7.72. The van der Waals surface area contributed by atoms with E-state index in [1.54, 1.807) is 0 Å². The van der Waals surface area contributed by atoms with Crippen LogP contribution in [0.3, 0.4) is 0 Å². The number of hydrogen-bond donors (Lipinski definition) is 1. The zero-order valence-electron chi connectivity index (χ0n) is 5.90. The van der Waals surface area contributed by atoms with E-state index in [0.717, 1.165) is 10.0 Å². The van der Waals surface area contributed by atoms with Crippen LogP contribution >= 0.6 is 39.9 Å². The smallest absolute Gasteiger partial charge is 0.0780 e. The van der Waals surface area contributed by atoms with Crippen LogP contribution in [0, 0.1) is 6.92 Å². The molecule has 0 heterocycles. The molecular formula is C7H8BrCl2N. The molecule has 0 aromatic heterocycles. The first-order valence-corrected chi connectivity index (χ1v) is 4.00. The summed E-state index contributed by atoms with van der Waals surface area (Å²) < 4.78 is 0.845. The number of anilines is 1. The molecule has 0 saturated carbocycles. The van der Waals surface area contributed by atoms with Gasteiger partial charge in [0.15, 0.2) is 0 Å². The van der Waals surface area contributed by atoms with Crippen LogP contribution in [-0.2, 0) is 0 Å². The molecule has 1 nitrogen and oxygen atoms in total. The van der Waals surface area contributed by atoms with E-state index in [9.17, 15) is 0 Å². The Balaban J connectivity index is 0.000001000. The van der Waals surface area contributed by atoms with E-state index < -0.39 is 0 Å². The Morgan fingerprint density at radius 3 is 2.45 bits per heavy atom. The Morgan fingerprint density at radius 1 is 1.45 bits per heavy atom. The quantitative estimate of drug-likeness (QED) is 0.708. The second kappa shape index (κ2) is 4.19. The molecule has 0 aliphatic heterocycles. The molecule has 2 N–H and O–H groups in total. The van der Waals surface area contributed by atoms with Crippen LogP contribution in [0.1, 0.15) is 5.56 Å². The number of aryl methyl sites for hydroxylation is 1. The third-order valence-corrected chi connectivity index (χ3v) is 2.65. The van der Waals surface area contributed by atoms with E-state index in [0.29, 0.717) is 10.7 Å². The van der Waals surface area contributed by atoms with Crippen molar-refractivity contribution in [1.82, 2.24) is 0 Å². The molecule has 0 unspecified atom stereocenters. The van der Waals surface area contributed by atoms with Crippen molar-refractivity contribution in [2.75, 3.05) is 5.73 Å². The largest absolute Gasteiger partial charge is 0.397 e. The van der Waals surface area contributed by atoms with E-state index in [1.165, 1.54) is 0 Å². The molecule has 62 valence electrons. The van der Waals surface area contributed by atoms with Crippen molar-refractivity contribution in [2.24, 2.45) is 0 Å². The lowest BCUT2D eigenvalue weighted by Crippen LogP contribution is -1.90. The standard InChI is InChI=1S/C7H7BrClN.ClH/c1-4-2-3-5(8)6(9)7(4)10;/h2-3H,10H2,1H3;1H. The van der Waals surface area contributed by atoms with Gasteiger partial charge in [-0.2, -0.15) is 0 Å². The van der Waals surface area contributed by atoms with E-state index in [1.807, 2.05) is 19.1 Å². The molecule has 0 aliphatic rings. The summed E-state index contributed by atoms with van der Waals surface area (Å²) in [4.78, 5) is 0. The second-order valence-electron chi connectivity index (χ2n) is 2.09. The molecule has 1 rings (SSSR count). The van der Waals surface area contributed by atoms with Crippen molar-refractivity contribution < 1.29 is 0 Å². The Bertz CT molecular complexity index is 236. The van der Waals surface area contributed by atoms with Crippen LogP contribution in [0.5, 0.6) is 0 Å². The minimum absolute atomic E-state index is 0. The summed E-state index contributed by atoms with van der Waals surface area (Å²) in [5.41, 5.74) is 7.28. The molecule has 0 amide bonds. The summed E-state index contributed by atoms with van der Waals surface area (Å²) in [6, 6.07) is 3.80. The van der Waals surface area contributed by atoms with Crippen molar-refractivity contribution in [3.8, 4) is 0 Å². The Kier molecular flexibility index (Phi) is 4.22. The molecule has 1 aromatic carbocycles. The van der Waals surface area contributed by atoms with Gasteiger partial charge in [-0.1, -0.05) is 17.7 Å². The first kappa shape index (κ1) is 11.1. The minimum Gasteiger partial charge on any atom is -0.397 e. The molecule has 0 bridgehead atoms. The van der Waals surface area contributed by atoms with Gasteiger partial charge in [-0.3, -0.25) is 0 Å². The van der Waals surface area contributed by atoms with Gasteiger partial charge < -0.3 is 5.73 Å². The van der Waals surface area contributed by atoms with E-state index in [-0.39, 0.29) is 12.4 Å². The molecule has 11 heavy (non-hydrogen) atoms. The number of hydrogen-bond acceptors (Lipinski definition) is 1. The number of benzene rings is 1. The number of nitrogen functional groups attached to an aromatic ring is 1. The highest BCUT2D eigenvalue weighted by Crippen LogP contribution is 2.30. The molecule has 0 fully saturated rings. The topological polar surface area (TPSA) is 26.0 Å². The van der Waals surface area contributed by atoms with E-state index in [2.05, 4.69) is 15.9 Å². The third-order valence-electron chi connectivity index (χ3n) is 1.35. The van der Waals surface area contributed by atoms with Crippen LogP contribution in [0.25, 0.3) is 0 Å². The maximum absolute atomic E-state index is 5.81. The van der Waals surface area contributed by atoms with Gasteiger partial charge in [-0.05, 0) is 34.5 Å². The summed E-state index contributed by atoms with van der Waals surface area (Å²) in [5, 5.41) is 0.597. The first-order chi connectivity index (χ1) is 4.63. The van der Waals surface area contributed by atoms with Gasteiger partial charge in [0, 0.05) is 4.47 Å². The fourth-order valence-corrected chi connectivity index (χ4v) is 1.22. The van der Waals surface area contributed by atoms with Crippen molar-refractivity contribution in [3.05, 3.63) is 27.2 Å². The van der Waals surface area contributed by atoms with Crippen molar-refractivity contribution >= 4 is 45.6 Å². The highest BCUT2D eigenvalue weighted by Gasteiger charge is 2.02. The maximum atomic E-state index is 5.81. The predicted molar refractivity (Wildman–Crippen MR) is 55.5 cm³/mol. The van der Waals surface area contributed by atoms with Gasteiger partial charge in [-0.15, -0.1) is 12.4 Å². The molecule has 4 heteroatoms. The summed E-state index contributed by atoms with van der Waals surface area (Å²) >= 11 is 9.08. The zero-order valence-corrected chi connectivity index (χ0v) is 9.05. The molecule has 0 radical (unpaired) electrons. The van der Waals surface area contributed by atoms with Gasteiger partial charge in [0.05, 0.1) is 10.7 Å². The molecule has 0 saturated heterocycles. The SMILES string of the molecule is Cc1ccc(Br)c(Cl)c1N.Cl. The monoisotopic (exact) mass is 255 g/mol. The lowest BCUT2D eigenvalue weighted by atomic mass is 10.2. The van der Waals surface area contributed by atoms with Gasteiger partial charge >= 0.3 is 0 Å². The lowest BCUT2D eigenvalue weighted by molar-refractivity contribution is 1.46. The van der Waals surface area contributed by atoms with Crippen molar-refractivity contribution in [2.45, 2.75) is 6.92 Å². The number of rotatable bonds is 0. The van der Waals surface area contributed by atoms with Gasteiger partial charge in [0.1, 0.15) is 0 Å². The predicted octanol–water partition coefficient (Wildman–Crippen LogP) is 3.41. The van der Waals surface area contributed by atoms with Crippen LogP contribution in [0.15, 0.2) is 16.6 Å². The number of halogens is 3. The Morgan fingerprint density at radius 2 is 2.00 bits per heavy atom. The van der Waals surface area contributed by atoms with E-state index in [4.69, 9.17) is 17.3 Å². The highest BCUT2D eigenvalue weighted by molar-refractivity contribution is 9.10. The first-order valence-electron chi connectivity index (χ1n) is 2.83. The molecular weight excluding hydrogens is 249 g/mol. The molecule has 0 spiro atoms. The Hall–Kier alpha value is 0.0800. The summed E-state index contributed by atoms with van der Waals surface area (Å²) in [6.45, 7) is 1.92. The average molecular weight is 257 g/mol. The molecule has 1 aromatic rings. The molecule has 0 atom stereocenters. The van der Waals surface area contributed by atoms with Gasteiger partial charge in [-0.25, -0.2) is 0 Å². The third kappa shape index (κ3) is 2.26. The minimum atomic E-state index is 0. The summed E-state index contributed by atoms with van der Waals surface area (Å²) in [5.74, 6) is 0. The fourth-order valence-electron chi connectivity index (χ4n) is 0.663. The van der Waals surface area contributed by atoms with Gasteiger partial charge in [0.25, 0.3) is 0 Å². The Labute approximate surface area is 85.5 Å². The normalized spacial score (nSPS) is 9.00. The maximum Gasteiger partial charge on any atom is 0.0780 e. The summed E-state index contributed by atoms with van der Waals surface area (Å²) in [6.07, 6.45) is 0. The second-order valence-corrected chi connectivity index (χ2v) is 3.32. The molecule has 0 aliphatic carbocycles. The van der Waals surface area contributed by atoms with E-state index >= 15 is 0 Å². The van der Waals surface area contributed by atoms with Crippen molar-refractivity contribution in [1.29, 1.82) is 0 Å².